The first-order valence-electron chi connectivity index (χ1n) is 13.0. The van der Waals surface area contributed by atoms with Crippen molar-refractivity contribution < 1.29 is 24.5 Å². The van der Waals surface area contributed by atoms with Crippen molar-refractivity contribution in [2.75, 3.05) is 0 Å². The van der Waals surface area contributed by atoms with Gasteiger partial charge in [-0.2, -0.15) is 5.10 Å². The van der Waals surface area contributed by atoms with Gasteiger partial charge in [-0.15, -0.1) is 0 Å². The highest BCUT2D eigenvalue weighted by atomic mass is 19.1. The molecule has 1 heterocycles. The molecule has 0 amide bonds. The second-order valence-electron chi connectivity index (χ2n) is 9.98. The van der Waals surface area contributed by atoms with Gasteiger partial charge in [-0.3, -0.25) is 4.79 Å². The lowest BCUT2D eigenvalue weighted by Gasteiger charge is -2.22. The zero-order valence-electron chi connectivity index (χ0n) is 21.0. The number of carboxylic acid groups (broad SMARTS) is 1. The summed E-state index contributed by atoms with van der Waals surface area (Å²) in [5.41, 5.74) is 4.90. The lowest BCUT2D eigenvalue weighted by molar-refractivity contribution is -0.139. The Balaban J connectivity index is 1.50. The molecular weight excluding hydrogens is 483 g/mol. The maximum Gasteiger partial charge on any atom is 0.305 e. The maximum absolute atomic E-state index is 13.7. The fourth-order valence-electron chi connectivity index (χ4n) is 5.46. The van der Waals surface area contributed by atoms with E-state index >= 15 is 0 Å². The largest absolute Gasteiger partial charge is 0.481 e. The van der Waals surface area contributed by atoms with Gasteiger partial charge in [0, 0.05) is 17.9 Å². The molecule has 5 rings (SSSR count). The van der Waals surface area contributed by atoms with Gasteiger partial charge in [0.25, 0.3) is 0 Å². The van der Waals surface area contributed by atoms with Gasteiger partial charge in [0.2, 0.25) is 0 Å². The van der Waals surface area contributed by atoms with Gasteiger partial charge in [-0.05, 0) is 72.4 Å². The molecule has 0 radical (unpaired) electrons. The van der Waals surface area contributed by atoms with E-state index in [-0.39, 0.29) is 18.2 Å². The Morgan fingerprint density at radius 3 is 2.63 bits per heavy atom. The average Bonchev–Trinajstić information content (AvgIpc) is 3.27. The maximum atomic E-state index is 13.7. The summed E-state index contributed by atoms with van der Waals surface area (Å²) in [4.78, 5) is 10.9. The van der Waals surface area contributed by atoms with Crippen LogP contribution in [0.1, 0.15) is 54.1 Å². The number of halogens is 1. The first-order chi connectivity index (χ1) is 18.4. The number of carbonyl (C=O) groups is 1. The predicted octanol–water partition coefficient (Wildman–Crippen LogP) is 5.43. The van der Waals surface area contributed by atoms with Crippen LogP contribution < -0.4 is 0 Å². The molecule has 0 fully saturated rings. The zero-order chi connectivity index (χ0) is 26.6. The van der Waals surface area contributed by atoms with Crippen molar-refractivity contribution in [1.29, 1.82) is 0 Å². The molecule has 3 N–H and O–H groups in total. The summed E-state index contributed by atoms with van der Waals surface area (Å²) in [6.07, 6.45) is 4.36. The molecule has 1 aromatic heterocycles. The molecule has 0 saturated heterocycles. The van der Waals surface area contributed by atoms with Crippen molar-refractivity contribution in [2.45, 2.75) is 56.7 Å². The van der Waals surface area contributed by atoms with Crippen LogP contribution in [0.2, 0.25) is 0 Å². The van der Waals surface area contributed by atoms with E-state index in [0.29, 0.717) is 5.69 Å². The van der Waals surface area contributed by atoms with E-state index < -0.39 is 24.6 Å². The second-order valence-corrected chi connectivity index (χ2v) is 9.98. The molecule has 3 atom stereocenters. The summed E-state index contributed by atoms with van der Waals surface area (Å²) in [6, 6.07) is 20.9. The smallest absolute Gasteiger partial charge is 0.305 e. The third kappa shape index (κ3) is 5.69. The minimum atomic E-state index is -1.15. The van der Waals surface area contributed by atoms with Gasteiger partial charge in [-0.1, -0.05) is 48.5 Å². The van der Waals surface area contributed by atoms with Gasteiger partial charge < -0.3 is 15.3 Å². The van der Waals surface area contributed by atoms with Crippen molar-refractivity contribution in [3.63, 3.8) is 0 Å². The van der Waals surface area contributed by atoms with E-state index in [1.807, 2.05) is 6.07 Å². The van der Waals surface area contributed by atoms with Crippen molar-refractivity contribution in [1.82, 2.24) is 9.78 Å². The van der Waals surface area contributed by atoms with Crippen LogP contribution in [0.5, 0.6) is 0 Å². The number of hydrogen-bond donors (Lipinski definition) is 3. The van der Waals surface area contributed by atoms with Crippen molar-refractivity contribution in [2.24, 2.45) is 0 Å². The van der Waals surface area contributed by atoms with Gasteiger partial charge in [0.15, 0.2) is 0 Å². The Kier molecular flexibility index (Phi) is 7.67. The third-order valence-electron chi connectivity index (χ3n) is 7.24. The van der Waals surface area contributed by atoms with Crippen LogP contribution in [0.4, 0.5) is 4.39 Å². The first-order valence-corrected chi connectivity index (χ1v) is 13.0. The molecule has 196 valence electrons. The lowest BCUT2D eigenvalue weighted by Crippen LogP contribution is -2.19. The van der Waals surface area contributed by atoms with Gasteiger partial charge in [-0.25, -0.2) is 9.07 Å². The van der Waals surface area contributed by atoms with Gasteiger partial charge in [0.05, 0.1) is 35.7 Å². The number of nitrogens with zero attached hydrogens (tertiary/aromatic N) is 2. The van der Waals surface area contributed by atoms with E-state index in [1.165, 1.54) is 28.5 Å². The summed E-state index contributed by atoms with van der Waals surface area (Å²) < 4.78 is 15.5. The fourth-order valence-corrected chi connectivity index (χ4v) is 5.46. The number of aromatic nitrogens is 2. The lowest BCUT2D eigenvalue weighted by atomic mass is 9.82. The van der Waals surface area contributed by atoms with E-state index in [9.17, 15) is 19.4 Å². The minimum Gasteiger partial charge on any atom is -0.481 e. The van der Waals surface area contributed by atoms with E-state index in [0.717, 1.165) is 42.6 Å². The SMILES string of the molecule is O=C(O)C[C@H](O)C[C@H](O)/C=C/c1c2c(nn1-c1ccc(F)cc1)C(Cc1cccc3ccccc13)CCC2. The Labute approximate surface area is 220 Å². The number of carboxylic acids is 1. The molecule has 1 aliphatic carbocycles. The number of benzene rings is 3. The Morgan fingerprint density at radius 1 is 1.08 bits per heavy atom. The van der Waals surface area contributed by atoms with Crippen LogP contribution in [0.25, 0.3) is 22.5 Å². The number of aliphatic carboxylic acids is 1. The Morgan fingerprint density at radius 2 is 1.84 bits per heavy atom. The summed E-state index contributed by atoms with van der Waals surface area (Å²) >= 11 is 0. The molecular formula is C31H31FN2O4. The number of fused-ring (bicyclic) bond motifs is 2. The van der Waals surface area contributed by atoms with Crippen molar-refractivity contribution in [3.8, 4) is 5.69 Å². The summed E-state index contributed by atoms with van der Waals surface area (Å²) in [5, 5.41) is 36.7. The first kappa shape index (κ1) is 25.8. The molecule has 0 spiro atoms. The monoisotopic (exact) mass is 514 g/mol. The van der Waals surface area contributed by atoms with Crippen LogP contribution in [0, 0.1) is 5.82 Å². The fraction of sp³-hybridized carbons (Fsp3) is 0.290. The molecule has 7 heteroatoms. The average molecular weight is 515 g/mol. The highest BCUT2D eigenvalue weighted by Gasteiger charge is 2.28. The third-order valence-corrected chi connectivity index (χ3v) is 7.24. The number of aliphatic hydroxyl groups excluding tert-OH is 2. The van der Waals surface area contributed by atoms with Crippen LogP contribution in [0.3, 0.4) is 0 Å². The number of hydrogen-bond acceptors (Lipinski definition) is 4. The van der Waals surface area contributed by atoms with E-state index in [1.54, 1.807) is 29.0 Å². The molecule has 1 unspecified atom stereocenters. The quantitative estimate of drug-likeness (QED) is 0.277. The number of rotatable bonds is 9. The molecule has 0 aliphatic heterocycles. The summed E-state index contributed by atoms with van der Waals surface area (Å²) in [6.45, 7) is 0. The zero-order valence-corrected chi connectivity index (χ0v) is 21.0. The van der Waals surface area contributed by atoms with Gasteiger partial charge in [0.1, 0.15) is 5.82 Å². The molecule has 0 bridgehead atoms. The van der Waals surface area contributed by atoms with Crippen molar-refractivity contribution >= 4 is 22.8 Å². The Hall–Kier alpha value is -3.81. The van der Waals surface area contributed by atoms with Crippen LogP contribution in [0.15, 0.2) is 72.8 Å². The Bertz CT molecular complexity index is 1460. The minimum absolute atomic E-state index is 0.0839. The second kappa shape index (κ2) is 11.3. The topological polar surface area (TPSA) is 95.6 Å². The summed E-state index contributed by atoms with van der Waals surface area (Å²) in [7, 11) is 0. The standard InChI is InChI=1S/C31H31FN2O4/c32-23-11-13-24(14-12-23)34-29(16-15-25(35)18-26(36)19-30(37)38)28-10-4-8-22(31(28)33-34)17-21-7-3-6-20-5-1-2-9-27(20)21/h1-3,5-7,9,11-16,22,25-26,35-36H,4,8,10,17-19H2,(H,37,38)/b16-15+/t22?,25-,26-/m1/s1. The molecule has 6 nitrogen and oxygen atoms in total. The highest BCUT2D eigenvalue weighted by Crippen LogP contribution is 2.38. The molecule has 38 heavy (non-hydrogen) atoms. The van der Waals surface area contributed by atoms with E-state index in [2.05, 4.69) is 36.4 Å². The normalized spacial score (nSPS) is 17.0. The van der Waals surface area contributed by atoms with Gasteiger partial charge >= 0.3 is 5.97 Å². The molecule has 1 aliphatic rings. The van der Waals surface area contributed by atoms with E-state index in [4.69, 9.17) is 10.2 Å². The number of aliphatic hydroxyl groups is 2. The molecule has 4 aromatic rings. The van der Waals surface area contributed by atoms with Crippen LogP contribution in [-0.2, 0) is 17.6 Å². The van der Waals surface area contributed by atoms with Crippen LogP contribution >= 0.6 is 0 Å². The van der Waals surface area contributed by atoms with Crippen molar-refractivity contribution in [3.05, 3.63) is 101 Å². The molecule has 0 saturated carbocycles. The summed E-state index contributed by atoms with van der Waals surface area (Å²) in [5.74, 6) is -1.24. The van der Waals surface area contributed by atoms with Crippen LogP contribution in [-0.4, -0.2) is 43.3 Å². The highest BCUT2D eigenvalue weighted by molar-refractivity contribution is 5.85. The molecule has 3 aromatic carbocycles. The predicted molar refractivity (Wildman–Crippen MR) is 145 cm³/mol.